The third-order valence-electron chi connectivity index (χ3n) is 6.56. The Labute approximate surface area is 199 Å². The Bertz CT molecular complexity index is 1240. The number of piperidine rings is 1. The molecule has 1 saturated heterocycles. The van der Waals surface area contributed by atoms with Gasteiger partial charge in [0.05, 0.1) is 10.6 Å². The summed E-state index contributed by atoms with van der Waals surface area (Å²) in [6.45, 7) is 5.74. The van der Waals surface area contributed by atoms with Gasteiger partial charge in [0.15, 0.2) is 0 Å². The molecular formula is C28H29N3OS. The summed E-state index contributed by atoms with van der Waals surface area (Å²) in [6.07, 6.45) is 3.16. The Morgan fingerprint density at radius 3 is 2.52 bits per heavy atom. The highest BCUT2D eigenvalue weighted by Gasteiger charge is 2.27. The van der Waals surface area contributed by atoms with Crippen molar-refractivity contribution in [3.8, 4) is 16.3 Å². The Hall–Kier alpha value is -3.18. The van der Waals surface area contributed by atoms with Crippen LogP contribution in [0.3, 0.4) is 0 Å². The van der Waals surface area contributed by atoms with Crippen LogP contribution in [0.2, 0.25) is 0 Å². The maximum absolute atomic E-state index is 13.7. The normalized spacial score (nSPS) is 14.5. The lowest BCUT2D eigenvalue weighted by atomic mass is 9.90. The number of aryl methyl sites for hydroxylation is 2. The maximum atomic E-state index is 13.7. The molecule has 0 bridgehead atoms. The van der Waals surface area contributed by atoms with Gasteiger partial charge in [0.1, 0.15) is 11.4 Å². The van der Waals surface area contributed by atoms with Crippen molar-refractivity contribution in [2.75, 3.05) is 13.1 Å². The molecule has 5 heteroatoms. The third kappa shape index (κ3) is 4.64. The fraction of sp³-hybridized carbons (Fsp3) is 0.286. The minimum absolute atomic E-state index is 0.0735. The van der Waals surface area contributed by atoms with Gasteiger partial charge in [-0.05, 0) is 79.3 Å². The van der Waals surface area contributed by atoms with Crippen molar-refractivity contribution in [1.29, 1.82) is 0 Å². The van der Waals surface area contributed by atoms with Gasteiger partial charge in [-0.3, -0.25) is 4.79 Å². The summed E-state index contributed by atoms with van der Waals surface area (Å²) in [7, 11) is 0. The number of carbonyl (C=O) groups is 1. The molecule has 0 atom stereocenters. The second-order valence-electron chi connectivity index (χ2n) is 9.02. The van der Waals surface area contributed by atoms with E-state index in [1.165, 1.54) is 5.56 Å². The van der Waals surface area contributed by atoms with E-state index in [1.54, 1.807) is 11.3 Å². The molecule has 2 aromatic heterocycles. The molecule has 4 aromatic rings. The van der Waals surface area contributed by atoms with Crippen molar-refractivity contribution in [3.63, 3.8) is 0 Å². The van der Waals surface area contributed by atoms with Crippen LogP contribution in [0.25, 0.3) is 16.3 Å². The molecule has 168 valence electrons. The van der Waals surface area contributed by atoms with Gasteiger partial charge in [0.25, 0.3) is 5.91 Å². The largest absolute Gasteiger partial charge is 0.337 e. The summed E-state index contributed by atoms with van der Waals surface area (Å²) in [5.41, 5.74) is 6.12. The fourth-order valence-electron chi connectivity index (χ4n) is 4.66. The number of rotatable bonds is 5. The van der Waals surface area contributed by atoms with Gasteiger partial charge in [-0.1, -0.05) is 48.5 Å². The molecule has 1 amide bonds. The number of hydrogen-bond acceptors (Lipinski definition) is 3. The first-order valence-electron chi connectivity index (χ1n) is 11.6. The summed E-state index contributed by atoms with van der Waals surface area (Å²) in [5, 5.41) is 6.94. The number of benzene rings is 2. The number of carbonyl (C=O) groups excluding carboxylic acids is 1. The first-order valence-corrected chi connectivity index (χ1v) is 12.5. The van der Waals surface area contributed by atoms with Gasteiger partial charge in [0.2, 0.25) is 0 Å². The molecule has 0 radical (unpaired) electrons. The van der Waals surface area contributed by atoms with Crippen molar-refractivity contribution < 1.29 is 4.79 Å². The molecule has 0 saturated carbocycles. The summed E-state index contributed by atoms with van der Waals surface area (Å²) >= 11 is 1.65. The first kappa shape index (κ1) is 21.7. The van der Waals surface area contributed by atoms with Gasteiger partial charge >= 0.3 is 0 Å². The van der Waals surface area contributed by atoms with E-state index in [-0.39, 0.29) is 5.91 Å². The molecule has 0 N–H and O–H groups in total. The second-order valence-corrected chi connectivity index (χ2v) is 9.97. The number of likely N-dealkylation sites (tertiary alicyclic amines) is 1. The third-order valence-corrected chi connectivity index (χ3v) is 7.46. The number of nitrogens with zero attached hydrogens (tertiary/aromatic N) is 3. The summed E-state index contributed by atoms with van der Waals surface area (Å²) in [5.74, 6) is 0.700. The molecular weight excluding hydrogens is 426 g/mol. The molecule has 0 unspecified atom stereocenters. The van der Waals surface area contributed by atoms with Gasteiger partial charge in [-0.25, -0.2) is 4.68 Å². The highest BCUT2D eigenvalue weighted by molar-refractivity contribution is 7.13. The van der Waals surface area contributed by atoms with Crippen molar-refractivity contribution in [1.82, 2.24) is 14.7 Å². The molecule has 33 heavy (non-hydrogen) atoms. The number of aromatic nitrogens is 2. The zero-order chi connectivity index (χ0) is 22.8. The van der Waals surface area contributed by atoms with Crippen molar-refractivity contribution >= 4 is 17.2 Å². The fourth-order valence-corrected chi connectivity index (χ4v) is 5.34. The van der Waals surface area contributed by atoms with Crippen molar-refractivity contribution in [2.24, 2.45) is 5.92 Å². The van der Waals surface area contributed by atoms with Crippen molar-refractivity contribution in [2.45, 2.75) is 33.1 Å². The summed E-state index contributed by atoms with van der Waals surface area (Å²) < 4.78 is 1.86. The van der Waals surface area contributed by atoms with E-state index in [9.17, 15) is 4.79 Å². The Kier molecular flexibility index (Phi) is 6.14. The van der Waals surface area contributed by atoms with E-state index in [4.69, 9.17) is 5.10 Å². The molecule has 3 heterocycles. The topological polar surface area (TPSA) is 38.1 Å². The van der Waals surface area contributed by atoms with Gasteiger partial charge < -0.3 is 4.90 Å². The van der Waals surface area contributed by atoms with Crippen LogP contribution in [0, 0.1) is 19.8 Å². The first-order chi connectivity index (χ1) is 16.1. The van der Waals surface area contributed by atoms with E-state index < -0.39 is 0 Å². The van der Waals surface area contributed by atoms with E-state index in [2.05, 4.69) is 68.4 Å². The lowest BCUT2D eigenvalue weighted by Gasteiger charge is -2.32. The predicted molar refractivity (Wildman–Crippen MR) is 135 cm³/mol. The van der Waals surface area contributed by atoms with Crippen molar-refractivity contribution in [3.05, 3.63) is 94.5 Å². The van der Waals surface area contributed by atoms with Crippen LogP contribution < -0.4 is 0 Å². The number of thiophene rings is 1. The van der Waals surface area contributed by atoms with E-state index in [1.807, 2.05) is 27.1 Å². The molecule has 0 spiro atoms. The summed E-state index contributed by atoms with van der Waals surface area (Å²) in [4.78, 5) is 16.8. The van der Waals surface area contributed by atoms with Gasteiger partial charge in [-0.2, -0.15) is 5.10 Å². The maximum Gasteiger partial charge on any atom is 0.272 e. The highest BCUT2D eigenvalue weighted by atomic mass is 32.1. The average molecular weight is 456 g/mol. The molecule has 5 rings (SSSR count). The monoisotopic (exact) mass is 455 g/mol. The lowest BCUT2D eigenvalue weighted by Crippen LogP contribution is -2.39. The Morgan fingerprint density at radius 2 is 1.79 bits per heavy atom. The quantitative estimate of drug-likeness (QED) is 0.353. The average Bonchev–Trinajstić information content (AvgIpc) is 3.52. The summed E-state index contributed by atoms with van der Waals surface area (Å²) in [6, 6.07) is 23.0. The molecule has 2 aromatic carbocycles. The number of hydrogen-bond donors (Lipinski definition) is 0. The van der Waals surface area contributed by atoms with Crippen LogP contribution in [0.15, 0.2) is 72.1 Å². The molecule has 4 nitrogen and oxygen atoms in total. The van der Waals surface area contributed by atoms with E-state index >= 15 is 0 Å². The minimum Gasteiger partial charge on any atom is -0.337 e. The minimum atomic E-state index is 0.0735. The van der Waals surface area contributed by atoms with Crippen LogP contribution in [-0.4, -0.2) is 33.7 Å². The van der Waals surface area contributed by atoms with E-state index in [0.29, 0.717) is 11.6 Å². The molecule has 1 fully saturated rings. The molecule has 1 aliphatic heterocycles. The number of amides is 1. The highest BCUT2D eigenvalue weighted by Crippen LogP contribution is 2.29. The zero-order valence-electron chi connectivity index (χ0n) is 19.2. The smallest absolute Gasteiger partial charge is 0.272 e. The van der Waals surface area contributed by atoms with Crippen LogP contribution in [0.4, 0.5) is 0 Å². The van der Waals surface area contributed by atoms with Crippen LogP contribution in [-0.2, 0) is 6.42 Å². The van der Waals surface area contributed by atoms with Crippen LogP contribution in [0.5, 0.6) is 0 Å². The zero-order valence-corrected chi connectivity index (χ0v) is 20.0. The Balaban J connectivity index is 1.40. The second kappa shape index (κ2) is 9.36. The standard InChI is InChI=1S/C28H29N3OS/c1-20-10-11-21(2)25(17-20)31-26(19-24(29-31)27-9-6-16-33-27)28(32)30-14-12-23(13-15-30)18-22-7-4-3-5-8-22/h3-11,16-17,19,23H,12-15,18H2,1-2H3. The van der Waals surface area contributed by atoms with Gasteiger partial charge in [0, 0.05) is 13.1 Å². The van der Waals surface area contributed by atoms with Gasteiger partial charge in [-0.15, -0.1) is 11.3 Å². The Morgan fingerprint density at radius 1 is 1.00 bits per heavy atom. The molecule has 1 aliphatic rings. The van der Waals surface area contributed by atoms with Crippen LogP contribution in [0.1, 0.15) is 40.0 Å². The SMILES string of the molecule is Cc1ccc(C)c(-n2nc(-c3cccs3)cc2C(=O)N2CCC(Cc3ccccc3)CC2)c1. The lowest BCUT2D eigenvalue weighted by molar-refractivity contribution is 0.0681. The predicted octanol–water partition coefficient (Wildman–Crippen LogP) is 6.31. The van der Waals surface area contributed by atoms with E-state index in [0.717, 1.165) is 59.7 Å². The van der Waals surface area contributed by atoms with Crippen LogP contribution >= 0.6 is 11.3 Å². The molecule has 0 aliphatic carbocycles.